The summed E-state index contributed by atoms with van der Waals surface area (Å²) in [6.07, 6.45) is 8.93. The van der Waals surface area contributed by atoms with E-state index in [1.165, 1.54) is 38.5 Å². The van der Waals surface area contributed by atoms with Gasteiger partial charge in [0.15, 0.2) is 0 Å². The number of aromatic nitrogens is 3. The summed E-state index contributed by atoms with van der Waals surface area (Å²) in [7, 11) is 0. The molecule has 188 valence electrons. The molecule has 2 aliphatic rings. The molecule has 8 nitrogen and oxygen atoms in total. The summed E-state index contributed by atoms with van der Waals surface area (Å²) in [5.41, 5.74) is 4.88. The molecule has 2 saturated heterocycles. The van der Waals surface area contributed by atoms with Gasteiger partial charge in [-0.25, -0.2) is 5.43 Å². The number of piperidine rings is 2. The van der Waals surface area contributed by atoms with Crippen LogP contribution in [0.1, 0.15) is 49.7 Å². The van der Waals surface area contributed by atoms with Gasteiger partial charge < -0.3 is 14.5 Å². The van der Waals surface area contributed by atoms with Crippen LogP contribution in [0.3, 0.4) is 0 Å². The van der Waals surface area contributed by atoms with Crippen molar-refractivity contribution >= 4 is 35.7 Å². The Morgan fingerprint density at radius 1 is 0.833 bits per heavy atom. The van der Waals surface area contributed by atoms with Gasteiger partial charge in [-0.15, -0.1) is 0 Å². The maximum Gasteiger partial charge on any atom is 0.250 e. The zero-order valence-electron chi connectivity index (χ0n) is 20.4. The predicted molar refractivity (Wildman–Crippen MR) is 145 cm³/mol. The van der Waals surface area contributed by atoms with E-state index >= 15 is 0 Å². The molecule has 0 aliphatic carbocycles. The van der Waals surface area contributed by atoms with E-state index in [4.69, 9.17) is 21.3 Å². The zero-order chi connectivity index (χ0) is 24.6. The maximum atomic E-state index is 6.24. The largest absolute Gasteiger partial charge is 0.489 e. The predicted octanol–water partition coefficient (Wildman–Crippen LogP) is 5.53. The van der Waals surface area contributed by atoms with Crippen LogP contribution in [-0.4, -0.2) is 47.3 Å². The number of anilines is 3. The third-order valence-electron chi connectivity index (χ3n) is 6.48. The van der Waals surface area contributed by atoms with Crippen molar-refractivity contribution in [2.24, 2.45) is 5.10 Å². The van der Waals surface area contributed by atoms with E-state index in [0.29, 0.717) is 17.6 Å². The van der Waals surface area contributed by atoms with Crippen molar-refractivity contribution in [3.05, 3.63) is 64.7 Å². The Balaban J connectivity index is 1.27. The minimum Gasteiger partial charge on any atom is -0.489 e. The number of hydrogen-bond donors (Lipinski definition) is 1. The Bertz CT molecular complexity index is 1140. The molecular weight excluding hydrogens is 474 g/mol. The van der Waals surface area contributed by atoms with E-state index in [0.717, 1.165) is 55.0 Å². The van der Waals surface area contributed by atoms with Gasteiger partial charge in [-0.05, 0) is 62.3 Å². The van der Waals surface area contributed by atoms with Gasteiger partial charge in [0.2, 0.25) is 17.8 Å². The molecule has 36 heavy (non-hydrogen) atoms. The number of benzene rings is 2. The second-order valence-electron chi connectivity index (χ2n) is 9.18. The fourth-order valence-corrected chi connectivity index (χ4v) is 4.69. The van der Waals surface area contributed by atoms with E-state index in [-0.39, 0.29) is 0 Å². The molecule has 0 unspecified atom stereocenters. The van der Waals surface area contributed by atoms with Crippen LogP contribution in [0, 0.1) is 0 Å². The third kappa shape index (κ3) is 6.43. The molecule has 5 rings (SSSR count). The highest BCUT2D eigenvalue weighted by Gasteiger charge is 2.20. The first-order chi connectivity index (χ1) is 17.7. The van der Waals surface area contributed by atoms with Gasteiger partial charge >= 0.3 is 0 Å². The van der Waals surface area contributed by atoms with Gasteiger partial charge in [-0.1, -0.05) is 41.9 Å². The fourth-order valence-electron chi connectivity index (χ4n) is 4.50. The van der Waals surface area contributed by atoms with E-state index in [2.05, 4.69) is 30.3 Å². The quantitative estimate of drug-likeness (QED) is 0.318. The molecule has 3 aromatic rings. The minimum absolute atomic E-state index is 0.405. The average Bonchev–Trinajstić information content (AvgIpc) is 2.94. The lowest BCUT2D eigenvalue weighted by Gasteiger charge is -2.30. The van der Waals surface area contributed by atoms with Crippen LogP contribution in [0.15, 0.2) is 53.6 Å². The van der Waals surface area contributed by atoms with Crippen LogP contribution < -0.4 is 20.0 Å². The molecule has 0 spiro atoms. The van der Waals surface area contributed by atoms with Gasteiger partial charge in [0.05, 0.1) is 6.21 Å². The first-order valence-electron chi connectivity index (χ1n) is 12.8. The van der Waals surface area contributed by atoms with Gasteiger partial charge in [0, 0.05) is 36.8 Å². The van der Waals surface area contributed by atoms with Gasteiger partial charge in [-0.3, -0.25) is 0 Å². The molecule has 1 N–H and O–H groups in total. The number of rotatable bonds is 8. The van der Waals surface area contributed by atoms with Crippen molar-refractivity contribution in [3.63, 3.8) is 0 Å². The summed E-state index contributed by atoms with van der Waals surface area (Å²) in [6.45, 7) is 4.32. The summed E-state index contributed by atoms with van der Waals surface area (Å²) in [5, 5.41) is 5.12. The van der Waals surface area contributed by atoms with Crippen molar-refractivity contribution in [1.29, 1.82) is 0 Å². The Hall–Kier alpha value is -3.39. The monoisotopic (exact) mass is 505 g/mol. The average molecular weight is 506 g/mol. The van der Waals surface area contributed by atoms with E-state index in [1.807, 2.05) is 48.5 Å². The number of hydrazone groups is 1. The Morgan fingerprint density at radius 2 is 1.50 bits per heavy atom. The molecule has 1 aromatic heterocycles. The summed E-state index contributed by atoms with van der Waals surface area (Å²) < 4.78 is 5.93. The molecule has 0 bridgehead atoms. The second-order valence-corrected chi connectivity index (χ2v) is 9.58. The number of nitrogens with zero attached hydrogens (tertiary/aromatic N) is 6. The van der Waals surface area contributed by atoms with E-state index < -0.39 is 0 Å². The van der Waals surface area contributed by atoms with Crippen molar-refractivity contribution < 1.29 is 4.74 Å². The summed E-state index contributed by atoms with van der Waals surface area (Å²) in [4.78, 5) is 18.7. The van der Waals surface area contributed by atoms with Crippen molar-refractivity contribution in [1.82, 2.24) is 15.0 Å². The summed E-state index contributed by atoms with van der Waals surface area (Å²) in [5.74, 6) is 2.68. The van der Waals surface area contributed by atoms with Gasteiger partial charge in [-0.2, -0.15) is 20.1 Å². The van der Waals surface area contributed by atoms with Crippen LogP contribution in [0.2, 0.25) is 5.02 Å². The van der Waals surface area contributed by atoms with Gasteiger partial charge in [0.1, 0.15) is 12.4 Å². The summed E-state index contributed by atoms with van der Waals surface area (Å²) >= 11 is 6.24. The van der Waals surface area contributed by atoms with Crippen molar-refractivity contribution in [2.75, 3.05) is 41.4 Å². The van der Waals surface area contributed by atoms with Crippen LogP contribution >= 0.6 is 11.6 Å². The normalized spacial score (nSPS) is 16.4. The minimum atomic E-state index is 0.405. The highest BCUT2D eigenvalue weighted by atomic mass is 35.5. The highest BCUT2D eigenvalue weighted by molar-refractivity contribution is 6.31. The summed E-state index contributed by atoms with van der Waals surface area (Å²) in [6, 6.07) is 15.5. The number of hydrogen-bond acceptors (Lipinski definition) is 8. The molecule has 2 aromatic carbocycles. The first kappa shape index (κ1) is 24.3. The number of halogens is 1. The van der Waals surface area contributed by atoms with E-state index in [9.17, 15) is 0 Å². The smallest absolute Gasteiger partial charge is 0.250 e. The van der Waals surface area contributed by atoms with E-state index in [1.54, 1.807) is 6.21 Å². The SMILES string of the molecule is Clc1ccccc1COc1cccc(/C=N\Nc2nc(N3CCCCC3)nc(N3CCCCC3)n2)c1. The Labute approximate surface area is 217 Å². The van der Waals surface area contributed by atoms with Crippen molar-refractivity contribution in [2.45, 2.75) is 45.1 Å². The standard InChI is InChI=1S/C27H32ClN7O/c28-24-13-4-3-11-22(24)20-36-23-12-9-10-21(18-23)19-29-33-25-30-26(34-14-5-1-6-15-34)32-27(31-25)35-16-7-2-8-17-35/h3-4,9-13,18-19H,1-2,5-8,14-17,20H2,(H,30,31,32,33)/b29-19-. The van der Waals surface area contributed by atoms with Crippen LogP contribution in [0.25, 0.3) is 0 Å². The molecular formula is C27H32ClN7O. The second kappa shape index (κ2) is 12.0. The molecule has 9 heteroatoms. The lowest BCUT2D eigenvalue weighted by Crippen LogP contribution is -2.34. The van der Waals surface area contributed by atoms with Crippen LogP contribution in [0.5, 0.6) is 5.75 Å². The first-order valence-corrected chi connectivity index (χ1v) is 13.1. The highest BCUT2D eigenvalue weighted by Crippen LogP contribution is 2.23. The third-order valence-corrected chi connectivity index (χ3v) is 6.85. The molecule has 0 amide bonds. The maximum absolute atomic E-state index is 6.24. The molecule has 2 fully saturated rings. The Morgan fingerprint density at radius 3 is 2.17 bits per heavy atom. The fraction of sp³-hybridized carbons (Fsp3) is 0.407. The molecule has 3 heterocycles. The van der Waals surface area contributed by atoms with Gasteiger partial charge in [0.25, 0.3) is 0 Å². The lowest BCUT2D eigenvalue weighted by atomic mass is 10.1. The topological polar surface area (TPSA) is 78.8 Å². The van der Waals surface area contributed by atoms with Crippen LogP contribution in [0.4, 0.5) is 17.8 Å². The Kier molecular flexibility index (Phi) is 8.13. The number of nitrogens with one attached hydrogen (secondary N) is 1. The lowest BCUT2D eigenvalue weighted by molar-refractivity contribution is 0.306. The molecule has 0 radical (unpaired) electrons. The zero-order valence-corrected chi connectivity index (χ0v) is 21.2. The molecule has 2 aliphatic heterocycles. The van der Waals surface area contributed by atoms with Crippen molar-refractivity contribution in [3.8, 4) is 5.75 Å². The van der Waals surface area contributed by atoms with Crippen LogP contribution in [-0.2, 0) is 6.61 Å². The molecule has 0 atom stereocenters. The number of ether oxygens (including phenoxy) is 1. The molecule has 0 saturated carbocycles.